The Hall–Kier alpha value is -1.43. The quantitative estimate of drug-likeness (QED) is 0.857. The van der Waals surface area contributed by atoms with Crippen molar-refractivity contribution in [2.75, 3.05) is 39.4 Å². The van der Waals surface area contributed by atoms with Crippen molar-refractivity contribution < 1.29 is 9.53 Å². The zero-order valence-corrected chi connectivity index (χ0v) is 15.5. The van der Waals surface area contributed by atoms with E-state index in [0.717, 1.165) is 45.8 Å². The topological polar surface area (TPSA) is 44.8 Å². The highest BCUT2D eigenvalue weighted by Crippen LogP contribution is 2.26. The predicted molar refractivity (Wildman–Crippen MR) is 99.4 cm³/mol. The number of carbonyl (C=O) groups excluding carboxylic acids is 1. The molecule has 5 nitrogen and oxygen atoms in total. The molecule has 25 heavy (non-hydrogen) atoms. The fourth-order valence-electron chi connectivity index (χ4n) is 4.13. The standard InChI is InChI=1S/C20H31N3O2/c1-3-19(24)23-10-9-18(15-23)21-16(2)20(17-7-5-4-6-8-17)22-11-13-25-14-12-22/h4-8,16,18,20-21H,3,9-15H2,1-2H3/t16-,18-,20-/m0/s1. The van der Waals surface area contributed by atoms with Gasteiger partial charge in [-0.25, -0.2) is 0 Å². The van der Waals surface area contributed by atoms with Crippen LogP contribution < -0.4 is 5.32 Å². The molecule has 0 bridgehead atoms. The number of nitrogens with one attached hydrogen (secondary N) is 1. The second kappa shape index (κ2) is 8.79. The van der Waals surface area contributed by atoms with Crippen molar-refractivity contribution >= 4 is 5.91 Å². The number of ether oxygens (including phenoxy) is 1. The molecule has 2 heterocycles. The minimum Gasteiger partial charge on any atom is -0.379 e. The lowest BCUT2D eigenvalue weighted by Crippen LogP contribution is -2.50. The lowest BCUT2D eigenvalue weighted by Gasteiger charge is -2.39. The number of likely N-dealkylation sites (tertiary alicyclic amines) is 1. The summed E-state index contributed by atoms with van der Waals surface area (Å²) in [6.45, 7) is 9.48. The average molecular weight is 345 g/mol. The summed E-state index contributed by atoms with van der Waals surface area (Å²) in [5.41, 5.74) is 1.35. The van der Waals surface area contributed by atoms with Crippen molar-refractivity contribution in [3.05, 3.63) is 35.9 Å². The van der Waals surface area contributed by atoms with Gasteiger partial charge in [-0.2, -0.15) is 0 Å². The van der Waals surface area contributed by atoms with Crippen LogP contribution in [0.25, 0.3) is 0 Å². The number of benzene rings is 1. The third-order valence-electron chi connectivity index (χ3n) is 5.40. The molecule has 1 N–H and O–H groups in total. The van der Waals surface area contributed by atoms with Crippen LogP contribution in [0, 0.1) is 0 Å². The first kappa shape index (κ1) is 18.4. The maximum atomic E-state index is 11.9. The van der Waals surface area contributed by atoms with E-state index in [-0.39, 0.29) is 5.91 Å². The van der Waals surface area contributed by atoms with Gasteiger partial charge in [0.15, 0.2) is 0 Å². The van der Waals surface area contributed by atoms with Crippen LogP contribution in [0.3, 0.4) is 0 Å². The van der Waals surface area contributed by atoms with Gasteiger partial charge >= 0.3 is 0 Å². The lowest BCUT2D eigenvalue weighted by atomic mass is 9.97. The zero-order chi connectivity index (χ0) is 17.6. The monoisotopic (exact) mass is 345 g/mol. The van der Waals surface area contributed by atoms with Crippen molar-refractivity contribution in [1.29, 1.82) is 0 Å². The number of hydrogen-bond acceptors (Lipinski definition) is 4. The van der Waals surface area contributed by atoms with E-state index >= 15 is 0 Å². The third kappa shape index (κ3) is 4.60. The van der Waals surface area contributed by atoms with Crippen LogP contribution in [-0.4, -0.2) is 67.2 Å². The summed E-state index contributed by atoms with van der Waals surface area (Å²) < 4.78 is 5.55. The fourth-order valence-corrected chi connectivity index (χ4v) is 4.13. The van der Waals surface area contributed by atoms with E-state index in [4.69, 9.17) is 4.74 Å². The molecule has 0 saturated carbocycles. The molecule has 0 unspecified atom stereocenters. The first-order valence-corrected chi connectivity index (χ1v) is 9.59. The van der Waals surface area contributed by atoms with Gasteiger partial charge in [0, 0.05) is 44.7 Å². The van der Waals surface area contributed by atoms with Crippen LogP contribution in [0.4, 0.5) is 0 Å². The molecule has 3 rings (SSSR count). The van der Waals surface area contributed by atoms with E-state index in [9.17, 15) is 4.79 Å². The summed E-state index contributed by atoms with van der Waals surface area (Å²) in [5.74, 6) is 0.268. The number of hydrogen-bond donors (Lipinski definition) is 1. The molecule has 0 spiro atoms. The Morgan fingerprint density at radius 2 is 1.96 bits per heavy atom. The molecule has 2 fully saturated rings. The van der Waals surface area contributed by atoms with Gasteiger partial charge in [-0.05, 0) is 18.9 Å². The SMILES string of the molecule is CCC(=O)N1CC[C@H](N[C@@H](C)[C@@H](c2ccccc2)N2CCOCC2)C1. The predicted octanol–water partition coefficient (Wildman–Crippen LogP) is 2.05. The van der Waals surface area contributed by atoms with Crippen LogP contribution in [0.2, 0.25) is 0 Å². The Morgan fingerprint density at radius 1 is 1.24 bits per heavy atom. The first-order valence-electron chi connectivity index (χ1n) is 9.59. The van der Waals surface area contributed by atoms with Crippen LogP contribution in [0.1, 0.15) is 38.3 Å². The van der Waals surface area contributed by atoms with Gasteiger partial charge in [0.1, 0.15) is 0 Å². The number of rotatable bonds is 6. The summed E-state index contributed by atoms with van der Waals surface area (Å²) >= 11 is 0. The molecule has 2 saturated heterocycles. The van der Waals surface area contributed by atoms with E-state index in [1.807, 2.05) is 11.8 Å². The number of amides is 1. The van der Waals surface area contributed by atoms with E-state index in [1.165, 1.54) is 5.56 Å². The van der Waals surface area contributed by atoms with E-state index in [0.29, 0.717) is 24.5 Å². The van der Waals surface area contributed by atoms with Gasteiger partial charge in [0.25, 0.3) is 0 Å². The molecule has 3 atom stereocenters. The van der Waals surface area contributed by atoms with Crippen molar-refractivity contribution in [3.8, 4) is 0 Å². The third-order valence-corrected chi connectivity index (χ3v) is 5.40. The highest BCUT2D eigenvalue weighted by molar-refractivity contribution is 5.76. The normalized spacial score (nSPS) is 24.2. The molecule has 1 aromatic carbocycles. The maximum Gasteiger partial charge on any atom is 0.222 e. The maximum absolute atomic E-state index is 11.9. The molecule has 2 aliphatic heterocycles. The Bertz CT molecular complexity index is 545. The summed E-state index contributed by atoms with van der Waals surface area (Å²) in [7, 11) is 0. The number of carbonyl (C=O) groups is 1. The van der Waals surface area contributed by atoms with Crippen LogP contribution in [-0.2, 0) is 9.53 Å². The lowest BCUT2D eigenvalue weighted by molar-refractivity contribution is -0.129. The Labute approximate surface area is 151 Å². The molecule has 0 aliphatic carbocycles. The van der Waals surface area contributed by atoms with Crippen LogP contribution >= 0.6 is 0 Å². The zero-order valence-electron chi connectivity index (χ0n) is 15.5. The minimum absolute atomic E-state index is 0.268. The van der Waals surface area contributed by atoms with Gasteiger partial charge in [-0.3, -0.25) is 9.69 Å². The fraction of sp³-hybridized carbons (Fsp3) is 0.650. The summed E-state index contributed by atoms with van der Waals surface area (Å²) in [4.78, 5) is 16.4. The largest absolute Gasteiger partial charge is 0.379 e. The Morgan fingerprint density at radius 3 is 2.64 bits per heavy atom. The van der Waals surface area contributed by atoms with Crippen molar-refractivity contribution in [2.45, 2.75) is 44.8 Å². The summed E-state index contributed by atoms with van der Waals surface area (Å²) in [6, 6.07) is 11.8. The van der Waals surface area contributed by atoms with E-state index < -0.39 is 0 Å². The van der Waals surface area contributed by atoms with Gasteiger partial charge in [0.2, 0.25) is 5.91 Å². The van der Waals surface area contributed by atoms with Crippen molar-refractivity contribution in [2.24, 2.45) is 0 Å². The number of nitrogens with zero attached hydrogens (tertiary/aromatic N) is 2. The molecular formula is C20H31N3O2. The molecule has 0 radical (unpaired) electrons. The first-order chi connectivity index (χ1) is 12.2. The van der Waals surface area contributed by atoms with E-state index in [1.54, 1.807) is 0 Å². The summed E-state index contributed by atoms with van der Waals surface area (Å²) in [5, 5.41) is 3.81. The van der Waals surface area contributed by atoms with Gasteiger partial charge in [-0.1, -0.05) is 37.3 Å². The minimum atomic E-state index is 0.268. The van der Waals surface area contributed by atoms with Crippen molar-refractivity contribution in [1.82, 2.24) is 15.1 Å². The Balaban J connectivity index is 1.67. The molecule has 0 aromatic heterocycles. The second-order valence-corrected chi connectivity index (χ2v) is 7.14. The van der Waals surface area contributed by atoms with Gasteiger partial charge in [0.05, 0.1) is 19.3 Å². The van der Waals surface area contributed by atoms with Crippen LogP contribution in [0.5, 0.6) is 0 Å². The molecule has 5 heteroatoms. The summed E-state index contributed by atoms with van der Waals surface area (Å²) in [6.07, 6.45) is 1.64. The van der Waals surface area contributed by atoms with Crippen molar-refractivity contribution in [3.63, 3.8) is 0 Å². The molecule has 1 amide bonds. The highest BCUT2D eigenvalue weighted by atomic mass is 16.5. The molecular weight excluding hydrogens is 314 g/mol. The molecule has 2 aliphatic rings. The highest BCUT2D eigenvalue weighted by Gasteiger charge is 2.31. The average Bonchev–Trinajstić information content (AvgIpc) is 3.11. The van der Waals surface area contributed by atoms with Gasteiger partial charge < -0.3 is 15.0 Å². The van der Waals surface area contributed by atoms with E-state index in [2.05, 4.69) is 47.5 Å². The second-order valence-electron chi connectivity index (χ2n) is 7.14. The smallest absolute Gasteiger partial charge is 0.222 e. The van der Waals surface area contributed by atoms with Crippen LogP contribution in [0.15, 0.2) is 30.3 Å². The van der Waals surface area contributed by atoms with Gasteiger partial charge in [-0.15, -0.1) is 0 Å². The molecule has 1 aromatic rings. The number of morpholine rings is 1. The molecule has 138 valence electrons. The Kier molecular flexibility index (Phi) is 6.45.